The number of nitrogens with one attached hydrogen (secondary N) is 2. The topological polar surface area (TPSA) is 53.6 Å². The largest absolute Gasteiger partial charge is 0.455 e. The molecule has 0 fully saturated rings. The van der Waals surface area contributed by atoms with Crippen LogP contribution in [0.4, 0.5) is 5.69 Å². The van der Waals surface area contributed by atoms with E-state index in [4.69, 9.17) is 16.3 Å². The summed E-state index contributed by atoms with van der Waals surface area (Å²) in [5.74, 6) is 0.642. The number of fused-ring (bicyclic) bond motifs is 1. The lowest BCUT2D eigenvalue weighted by Gasteiger charge is -2.15. The number of ether oxygens (including phenoxy) is 1. The van der Waals surface area contributed by atoms with Crippen LogP contribution in [0, 0.1) is 0 Å². The van der Waals surface area contributed by atoms with Gasteiger partial charge in [0, 0.05) is 13.1 Å². The van der Waals surface area contributed by atoms with Gasteiger partial charge in [-0.05, 0) is 37.8 Å². The van der Waals surface area contributed by atoms with Crippen molar-refractivity contribution in [2.75, 3.05) is 32.5 Å². The van der Waals surface area contributed by atoms with Gasteiger partial charge in [0.25, 0.3) is 5.24 Å². The van der Waals surface area contributed by atoms with Crippen LogP contribution < -0.4 is 15.4 Å². The second-order valence-electron chi connectivity index (χ2n) is 4.35. The molecular weight excluding hydrogens is 254 g/mol. The van der Waals surface area contributed by atoms with Gasteiger partial charge in [0.05, 0.1) is 11.3 Å². The average molecular weight is 270 g/mol. The molecule has 1 aromatic carbocycles. The third kappa shape index (κ3) is 2.93. The number of anilines is 1. The molecule has 2 N–H and O–H groups in total. The van der Waals surface area contributed by atoms with Crippen LogP contribution in [0.25, 0.3) is 0 Å². The summed E-state index contributed by atoms with van der Waals surface area (Å²) in [6.07, 6.45) is -0.322. The number of halogens is 1. The Bertz CT molecular complexity index is 451. The van der Waals surface area contributed by atoms with E-state index in [0.717, 1.165) is 13.1 Å². The van der Waals surface area contributed by atoms with Crippen molar-refractivity contribution < 1.29 is 9.53 Å². The summed E-state index contributed by atoms with van der Waals surface area (Å²) < 4.78 is 5.63. The summed E-state index contributed by atoms with van der Waals surface area (Å²) in [4.78, 5) is 13.3. The lowest BCUT2D eigenvalue weighted by molar-refractivity contribution is 0.108. The molecule has 1 unspecified atom stereocenters. The van der Waals surface area contributed by atoms with Gasteiger partial charge in [-0.3, -0.25) is 10.1 Å². The number of likely N-dealkylation sites (N-methyl/N-ethyl adjacent to an activating group) is 1. The van der Waals surface area contributed by atoms with Gasteiger partial charge in [0.1, 0.15) is 5.75 Å². The Hall–Kier alpha value is -1.30. The molecule has 0 radical (unpaired) electrons. The molecule has 1 heterocycles. The first-order valence-corrected chi connectivity index (χ1v) is 6.10. The second kappa shape index (κ2) is 5.56. The molecule has 6 heteroatoms. The van der Waals surface area contributed by atoms with Crippen molar-refractivity contribution in [2.24, 2.45) is 0 Å². The number of benzene rings is 1. The summed E-state index contributed by atoms with van der Waals surface area (Å²) in [5.41, 5.74) is 1.09. The Balaban J connectivity index is 1.99. The Labute approximate surface area is 111 Å². The molecule has 1 atom stereocenters. The summed E-state index contributed by atoms with van der Waals surface area (Å²) in [5, 5.41) is 5.81. The van der Waals surface area contributed by atoms with E-state index in [1.807, 2.05) is 14.1 Å². The molecule has 0 saturated carbocycles. The van der Waals surface area contributed by atoms with Crippen molar-refractivity contribution >= 4 is 22.5 Å². The van der Waals surface area contributed by atoms with E-state index >= 15 is 0 Å². The predicted molar refractivity (Wildman–Crippen MR) is 71.2 cm³/mol. The lowest BCUT2D eigenvalue weighted by Crippen LogP contribution is -2.41. The first-order chi connectivity index (χ1) is 8.58. The van der Waals surface area contributed by atoms with Gasteiger partial charge in [-0.1, -0.05) is 6.07 Å². The Kier molecular flexibility index (Phi) is 4.06. The average Bonchev–Trinajstić information content (AvgIpc) is 2.70. The standard InChI is InChI=1S/C12H16ClN3O2/c1-16(2)7-6-14-12-15-10-8(11(13)17)4-3-5-9(10)18-12/h3-5,12,14-15H,6-7H2,1-2H3. The Morgan fingerprint density at radius 2 is 2.33 bits per heavy atom. The zero-order valence-electron chi connectivity index (χ0n) is 10.4. The minimum absolute atomic E-state index is 0.322. The van der Waals surface area contributed by atoms with Crippen LogP contribution in [0.1, 0.15) is 10.4 Å². The Morgan fingerprint density at radius 3 is 3.00 bits per heavy atom. The minimum atomic E-state index is -0.489. The summed E-state index contributed by atoms with van der Waals surface area (Å²) in [7, 11) is 4.01. The molecular formula is C12H16ClN3O2. The first-order valence-electron chi connectivity index (χ1n) is 5.72. The number of carbonyl (C=O) groups is 1. The van der Waals surface area contributed by atoms with Crippen molar-refractivity contribution in [2.45, 2.75) is 6.35 Å². The maximum atomic E-state index is 11.3. The lowest BCUT2D eigenvalue weighted by atomic mass is 10.2. The van der Waals surface area contributed by atoms with Gasteiger partial charge in [-0.25, -0.2) is 0 Å². The third-order valence-electron chi connectivity index (χ3n) is 2.65. The highest BCUT2D eigenvalue weighted by Gasteiger charge is 2.25. The third-order valence-corrected chi connectivity index (χ3v) is 2.85. The molecule has 1 aromatic rings. The normalized spacial score (nSPS) is 17.2. The molecule has 0 spiro atoms. The van der Waals surface area contributed by atoms with E-state index in [1.54, 1.807) is 18.2 Å². The molecule has 0 bridgehead atoms. The SMILES string of the molecule is CN(C)CCNC1Nc2c(cccc2C(=O)Cl)O1. The first kappa shape index (κ1) is 13.1. The van der Waals surface area contributed by atoms with Crippen molar-refractivity contribution in [3.63, 3.8) is 0 Å². The maximum Gasteiger partial charge on any atom is 0.254 e. The molecule has 0 saturated heterocycles. The van der Waals surface area contributed by atoms with E-state index in [1.165, 1.54) is 0 Å². The van der Waals surface area contributed by atoms with Crippen molar-refractivity contribution in [3.8, 4) is 5.75 Å². The fourth-order valence-corrected chi connectivity index (χ4v) is 1.90. The van der Waals surface area contributed by atoms with Crippen LogP contribution >= 0.6 is 11.6 Å². The van der Waals surface area contributed by atoms with Gasteiger partial charge in [0.15, 0.2) is 0 Å². The van der Waals surface area contributed by atoms with E-state index in [0.29, 0.717) is 17.0 Å². The molecule has 0 aliphatic carbocycles. The van der Waals surface area contributed by atoms with E-state index in [-0.39, 0.29) is 6.35 Å². The molecule has 98 valence electrons. The monoisotopic (exact) mass is 269 g/mol. The highest BCUT2D eigenvalue weighted by molar-refractivity contribution is 6.68. The molecule has 1 aliphatic heterocycles. The number of rotatable bonds is 5. The fraction of sp³-hybridized carbons (Fsp3) is 0.417. The van der Waals surface area contributed by atoms with E-state index < -0.39 is 5.24 Å². The number of nitrogens with zero attached hydrogens (tertiary/aromatic N) is 1. The summed E-state index contributed by atoms with van der Waals surface area (Å²) in [6, 6.07) is 5.23. The quantitative estimate of drug-likeness (QED) is 0.790. The second-order valence-corrected chi connectivity index (χ2v) is 4.70. The van der Waals surface area contributed by atoms with Crippen LogP contribution in [-0.2, 0) is 0 Å². The fourth-order valence-electron chi connectivity index (χ4n) is 1.74. The number of hydrogen-bond donors (Lipinski definition) is 2. The van der Waals surface area contributed by atoms with Crippen molar-refractivity contribution in [1.82, 2.24) is 10.2 Å². The molecule has 0 amide bonds. The highest BCUT2D eigenvalue weighted by atomic mass is 35.5. The summed E-state index contributed by atoms with van der Waals surface area (Å²) >= 11 is 5.52. The number of carbonyl (C=O) groups excluding carboxylic acids is 1. The molecule has 18 heavy (non-hydrogen) atoms. The van der Waals surface area contributed by atoms with Crippen LogP contribution in [-0.4, -0.2) is 43.7 Å². The van der Waals surface area contributed by atoms with Gasteiger partial charge >= 0.3 is 0 Å². The number of hydrogen-bond acceptors (Lipinski definition) is 5. The molecule has 5 nitrogen and oxygen atoms in total. The van der Waals surface area contributed by atoms with Crippen LogP contribution in [0.5, 0.6) is 5.75 Å². The highest BCUT2D eigenvalue weighted by Crippen LogP contribution is 2.34. The van der Waals surface area contributed by atoms with Crippen molar-refractivity contribution in [3.05, 3.63) is 23.8 Å². The van der Waals surface area contributed by atoms with Gasteiger partial charge in [-0.2, -0.15) is 0 Å². The van der Waals surface area contributed by atoms with Crippen molar-refractivity contribution in [1.29, 1.82) is 0 Å². The smallest absolute Gasteiger partial charge is 0.254 e. The zero-order chi connectivity index (χ0) is 13.1. The Morgan fingerprint density at radius 1 is 1.56 bits per heavy atom. The molecule has 2 rings (SSSR count). The van der Waals surface area contributed by atoms with Crippen LogP contribution in [0.3, 0.4) is 0 Å². The summed E-state index contributed by atoms with van der Waals surface area (Å²) in [6.45, 7) is 1.68. The molecule has 0 aromatic heterocycles. The zero-order valence-corrected chi connectivity index (χ0v) is 11.1. The maximum absolute atomic E-state index is 11.3. The number of para-hydroxylation sites is 1. The van der Waals surface area contributed by atoms with Gasteiger partial charge < -0.3 is 15.0 Å². The minimum Gasteiger partial charge on any atom is -0.455 e. The van der Waals surface area contributed by atoms with Crippen LogP contribution in [0.2, 0.25) is 0 Å². The van der Waals surface area contributed by atoms with Crippen LogP contribution in [0.15, 0.2) is 18.2 Å². The van der Waals surface area contributed by atoms with Gasteiger partial charge in [0.2, 0.25) is 6.35 Å². The van der Waals surface area contributed by atoms with E-state index in [9.17, 15) is 4.79 Å². The predicted octanol–water partition coefficient (Wildman–Crippen LogP) is 1.30. The van der Waals surface area contributed by atoms with E-state index in [2.05, 4.69) is 15.5 Å². The molecule has 1 aliphatic rings. The van der Waals surface area contributed by atoms with Gasteiger partial charge in [-0.15, -0.1) is 0 Å².